The largest absolute Gasteiger partial charge is 0.494 e. The van der Waals surface area contributed by atoms with Gasteiger partial charge in [-0.25, -0.2) is 0 Å². The molecule has 7 nitrogen and oxygen atoms in total. The maximum Gasteiger partial charge on any atom is 0.257 e. The van der Waals surface area contributed by atoms with Crippen molar-refractivity contribution in [3.8, 4) is 17.4 Å². The topological polar surface area (TPSA) is 81.3 Å². The van der Waals surface area contributed by atoms with Crippen molar-refractivity contribution < 1.29 is 14.6 Å². The molecule has 0 bridgehead atoms. The van der Waals surface area contributed by atoms with E-state index in [4.69, 9.17) is 4.74 Å². The highest BCUT2D eigenvalue weighted by atomic mass is 16.5. The molecule has 0 aliphatic rings. The zero-order valence-corrected chi connectivity index (χ0v) is 17.4. The molecule has 0 saturated carbocycles. The number of ether oxygens (including phenoxy) is 1. The second-order valence-corrected chi connectivity index (χ2v) is 7.63. The highest BCUT2D eigenvalue weighted by Gasteiger charge is 2.19. The Balaban J connectivity index is 1.79. The number of anilines is 1. The van der Waals surface area contributed by atoms with E-state index in [9.17, 15) is 9.90 Å². The Bertz CT molecular complexity index is 1220. The predicted octanol–water partition coefficient (Wildman–Crippen LogP) is 5.01. The lowest BCUT2D eigenvalue weighted by molar-refractivity contribution is 0.102. The van der Waals surface area contributed by atoms with Crippen molar-refractivity contribution in [1.29, 1.82) is 0 Å². The Morgan fingerprint density at radius 3 is 2.50 bits per heavy atom. The van der Waals surface area contributed by atoms with Crippen LogP contribution >= 0.6 is 0 Å². The van der Waals surface area contributed by atoms with Crippen LogP contribution in [0.3, 0.4) is 0 Å². The number of benzene rings is 2. The number of rotatable bonds is 5. The molecule has 0 unspecified atom stereocenters. The molecule has 7 heteroatoms. The first-order chi connectivity index (χ1) is 14.3. The van der Waals surface area contributed by atoms with Gasteiger partial charge in [0.2, 0.25) is 0 Å². The fourth-order valence-electron chi connectivity index (χ4n) is 3.30. The molecule has 4 aromatic rings. The summed E-state index contributed by atoms with van der Waals surface area (Å²) in [5.41, 5.74) is 1.49. The molecule has 0 fully saturated rings. The van der Waals surface area contributed by atoms with E-state index >= 15 is 0 Å². The standard InChI is InChI=1S/C23H24N4O3/c1-14(2)27-13-19-18(23(27)29)11-16(22(28)24-21-9-10-26(4)25-21)12-20(19)30-17-7-5-15(3)6-8-17/h5-14,29H,1-4H3,(H,24,25,28). The van der Waals surface area contributed by atoms with Gasteiger partial charge in [-0.3, -0.25) is 9.48 Å². The molecule has 0 saturated heterocycles. The first-order valence-corrected chi connectivity index (χ1v) is 9.75. The van der Waals surface area contributed by atoms with E-state index in [0.29, 0.717) is 28.3 Å². The molecular formula is C23H24N4O3. The third-order valence-electron chi connectivity index (χ3n) is 4.92. The molecule has 30 heavy (non-hydrogen) atoms. The van der Waals surface area contributed by atoms with Crippen molar-refractivity contribution in [2.75, 3.05) is 5.32 Å². The Morgan fingerprint density at radius 2 is 1.87 bits per heavy atom. The summed E-state index contributed by atoms with van der Waals surface area (Å²) in [4.78, 5) is 12.9. The van der Waals surface area contributed by atoms with E-state index in [1.165, 1.54) is 0 Å². The Kier molecular flexibility index (Phi) is 4.95. The minimum atomic E-state index is -0.332. The summed E-state index contributed by atoms with van der Waals surface area (Å²) in [6.45, 7) is 5.97. The van der Waals surface area contributed by atoms with Crippen molar-refractivity contribution in [1.82, 2.24) is 14.3 Å². The number of hydrogen-bond acceptors (Lipinski definition) is 4. The van der Waals surface area contributed by atoms with Crippen LogP contribution in [0.1, 0.15) is 35.8 Å². The van der Waals surface area contributed by atoms with E-state index in [2.05, 4.69) is 10.4 Å². The Labute approximate surface area is 174 Å². The van der Waals surface area contributed by atoms with Crippen LogP contribution in [0.2, 0.25) is 0 Å². The SMILES string of the molecule is Cc1ccc(Oc2cc(C(=O)Nc3ccn(C)n3)cc3c(O)n(C(C)C)cc23)cc1. The molecule has 0 aliphatic carbocycles. The van der Waals surface area contributed by atoms with E-state index in [0.717, 1.165) is 10.9 Å². The van der Waals surface area contributed by atoms with Crippen molar-refractivity contribution >= 4 is 22.5 Å². The molecule has 154 valence electrons. The number of aromatic nitrogens is 3. The third kappa shape index (κ3) is 3.74. The number of amides is 1. The maximum absolute atomic E-state index is 12.9. The summed E-state index contributed by atoms with van der Waals surface area (Å²) in [5, 5.41) is 19.0. The number of aromatic hydroxyl groups is 1. The zero-order valence-electron chi connectivity index (χ0n) is 17.4. The normalized spacial score (nSPS) is 11.2. The monoisotopic (exact) mass is 404 g/mol. The van der Waals surface area contributed by atoms with Crippen molar-refractivity contribution in [2.24, 2.45) is 7.05 Å². The van der Waals surface area contributed by atoms with Gasteiger partial charge < -0.3 is 19.7 Å². The Morgan fingerprint density at radius 1 is 1.13 bits per heavy atom. The molecule has 0 spiro atoms. The molecule has 4 rings (SSSR count). The molecule has 2 aromatic carbocycles. The molecule has 2 N–H and O–H groups in total. The molecule has 0 atom stereocenters. The van der Waals surface area contributed by atoms with Gasteiger partial charge in [0.1, 0.15) is 11.5 Å². The summed E-state index contributed by atoms with van der Waals surface area (Å²) >= 11 is 0. The van der Waals surface area contributed by atoms with E-state index < -0.39 is 0 Å². The number of hydrogen-bond donors (Lipinski definition) is 2. The van der Waals surface area contributed by atoms with Gasteiger partial charge in [-0.05, 0) is 45.0 Å². The third-order valence-corrected chi connectivity index (χ3v) is 4.92. The van der Waals surface area contributed by atoms with Crippen LogP contribution in [0.15, 0.2) is 54.9 Å². The van der Waals surface area contributed by atoms with E-state index in [1.54, 1.807) is 40.7 Å². The summed E-state index contributed by atoms with van der Waals surface area (Å²) in [5.74, 6) is 1.37. The minimum absolute atomic E-state index is 0.0513. The summed E-state index contributed by atoms with van der Waals surface area (Å²) in [7, 11) is 1.78. The second kappa shape index (κ2) is 7.59. The average Bonchev–Trinajstić information content (AvgIpc) is 3.27. The lowest BCUT2D eigenvalue weighted by atomic mass is 10.1. The number of aryl methyl sites for hydroxylation is 2. The summed E-state index contributed by atoms with van der Waals surface area (Å²) in [6.07, 6.45) is 3.60. The number of carbonyl (C=O) groups excluding carboxylic acids is 1. The number of nitrogens with zero attached hydrogens (tertiary/aromatic N) is 3. The minimum Gasteiger partial charge on any atom is -0.494 e. The second-order valence-electron chi connectivity index (χ2n) is 7.63. The van der Waals surface area contributed by atoms with Gasteiger partial charge in [-0.2, -0.15) is 5.10 Å². The van der Waals surface area contributed by atoms with Gasteiger partial charge >= 0.3 is 0 Å². The Hall–Kier alpha value is -3.74. The molecule has 0 aliphatic heterocycles. The van der Waals surface area contributed by atoms with Crippen LogP contribution in [0.4, 0.5) is 5.82 Å². The summed E-state index contributed by atoms with van der Waals surface area (Å²) < 4.78 is 9.48. The molecule has 1 amide bonds. The van der Waals surface area contributed by atoms with E-state index in [-0.39, 0.29) is 17.8 Å². The molecule has 0 radical (unpaired) electrons. The lowest BCUT2D eigenvalue weighted by Crippen LogP contribution is -2.12. The zero-order chi connectivity index (χ0) is 21.4. The molecule has 2 aromatic heterocycles. The van der Waals surface area contributed by atoms with Crippen LogP contribution in [0, 0.1) is 6.92 Å². The van der Waals surface area contributed by atoms with Crippen molar-refractivity contribution in [3.63, 3.8) is 0 Å². The van der Waals surface area contributed by atoms with Crippen LogP contribution in [0.5, 0.6) is 17.4 Å². The molecular weight excluding hydrogens is 380 g/mol. The predicted molar refractivity (Wildman–Crippen MR) is 116 cm³/mol. The smallest absolute Gasteiger partial charge is 0.257 e. The highest BCUT2D eigenvalue weighted by molar-refractivity contribution is 6.08. The quantitative estimate of drug-likeness (QED) is 0.490. The van der Waals surface area contributed by atoms with Crippen LogP contribution in [-0.2, 0) is 7.05 Å². The maximum atomic E-state index is 12.9. The fraction of sp³-hybridized carbons (Fsp3) is 0.217. The van der Waals surface area contributed by atoms with Gasteiger partial charge in [0.05, 0.1) is 0 Å². The number of carbonyl (C=O) groups is 1. The van der Waals surface area contributed by atoms with Crippen LogP contribution in [0.25, 0.3) is 10.8 Å². The van der Waals surface area contributed by atoms with Gasteiger partial charge in [-0.15, -0.1) is 0 Å². The van der Waals surface area contributed by atoms with Gasteiger partial charge in [0.25, 0.3) is 5.91 Å². The van der Waals surface area contributed by atoms with Crippen LogP contribution in [-0.4, -0.2) is 25.4 Å². The average molecular weight is 404 g/mol. The van der Waals surface area contributed by atoms with Crippen molar-refractivity contribution in [2.45, 2.75) is 26.8 Å². The van der Waals surface area contributed by atoms with Gasteiger partial charge in [0.15, 0.2) is 11.7 Å². The van der Waals surface area contributed by atoms with Crippen LogP contribution < -0.4 is 10.1 Å². The van der Waals surface area contributed by atoms with Gasteiger partial charge in [0, 0.05) is 47.9 Å². The highest BCUT2D eigenvalue weighted by Crippen LogP contribution is 2.39. The lowest BCUT2D eigenvalue weighted by Gasteiger charge is -2.10. The first-order valence-electron chi connectivity index (χ1n) is 9.75. The molecule has 2 heterocycles. The van der Waals surface area contributed by atoms with Gasteiger partial charge in [-0.1, -0.05) is 17.7 Å². The fourth-order valence-corrected chi connectivity index (χ4v) is 3.30. The number of fused-ring (bicyclic) bond motifs is 1. The number of nitrogens with one attached hydrogen (secondary N) is 1. The first kappa shape index (κ1) is 19.6. The van der Waals surface area contributed by atoms with E-state index in [1.807, 2.05) is 51.2 Å². The van der Waals surface area contributed by atoms with Crippen molar-refractivity contribution in [3.05, 3.63) is 66.0 Å². The summed E-state index contributed by atoms with van der Waals surface area (Å²) in [6, 6.07) is 12.8.